The first-order valence-corrected chi connectivity index (χ1v) is 6.11. The van der Waals surface area contributed by atoms with Crippen LogP contribution in [0.1, 0.15) is 24.1 Å². The highest BCUT2D eigenvalue weighted by molar-refractivity contribution is 5.82. The third-order valence-corrected chi connectivity index (χ3v) is 3.29. The van der Waals surface area contributed by atoms with Crippen LogP contribution < -0.4 is 5.32 Å². The molecule has 0 spiro atoms. The summed E-state index contributed by atoms with van der Waals surface area (Å²) < 4.78 is 0. The Kier molecular flexibility index (Phi) is 2.86. The minimum Gasteiger partial charge on any atom is -0.361 e. The Labute approximate surface area is 105 Å². The number of benzene rings is 1. The average molecular weight is 240 g/mol. The van der Waals surface area contributed by atoms with E-state index in [2.05, 4.69) is 51.8 Å². The van der Waals surface area contributed by atoms with Crippen molar-refractivity contribution in [2.24, 2.45) is 0 Å². The van der Waals surface area contributed by atoms with Crippen LogP contribution in [-0.4, -0.2) is 15.2 Å². The summed E-state index contributed by atoms with van der Waals surface area (Å²) in [6, 6.07) is 8.64. The highest BCUT2D eigenvalue weighted by Gasteiger charge is 2.07. The van der Waals surface area contributed by atoms with Gasteiger partial charge in [0, 0.05) is 41.4 Å². The summed E-state index contributed by atoms with van der Waals surface area (Å²) in [5.74, 6) is 0. The van der Waals surface area contributed by atoms with Gasteiger partial charge in [0.05, 0.1) is 6.20 Å². The van der Waals surface area contributed by atoms with Crippen LogP contribution >= 0.6 is 0 Å². The molecule has 0 amide bonds. The average Bonchev–Trinajstić information content (AvgIpc) is 3.06. The van der Waals surface area contributed by atoms with E-state index in [9.17, 15) is 0 Å². The molecule has 18 heavy (non-hydrogen) atoms. The molecule has 1 unspecified atom stereocenters. The van der Waals surface area contributed by atoms with Gasteiger partial charge in [-0.05, 0) is 18.6 Å². The van der Waals surface area contributed by atoms with E-state index in [-0.39, 0.29) is 6.04 Å². The molecule has 3 rings (SSSR count). The van der Waals surface area contributed by atoms with E-state index in [0.717, 1.165) is 6.54 Å². The van der Waals surface area contributed by atoms with Gasteiger partial charge in [0.1, 0.15) is 0 Å². The van der Waals surface area contributed by atoms with Gasteiger partial charge in [-0.1, -0.05) is 18.2 Å². The van der Waals surface area contributed by atoms with Crippen LogP contribution in [0.4, 0.5) is 0 Å². The zero-order valence-electron chi connectivity index (χ0n) is 10.3. The number of rotatable bonds is 4. The number of para-hydroxylation sites is 1. The van der Waals surface area contributed by atoms with E-state index in [1.807, 2.05) is 18.5 Å². The predicted molar refractivity (Wildman–Crippen MR) is 72.1 cm³/mol. The zero-order chi connectivity index (χ0) is 12.4. The van der Waals surface area contributed by atoms with E-state index < -0.39 is 0 Å². The van der Waals surface area contributed by atoms with Gasteiger partial charge in [0.15, 0.2) is 0 Å². The lowest BCUT2D eigenvalue weighted by Crippen LogP contribution is -2.17. The van der Waals surface area contributed by atoms with E-state index >= 15 is 0 Å². The lowest BCUT2D eigenvalue weighted by atomic mass is 10.1. The van der Waals surface area contributed by atoms with Crippen LogP contribution in [0.5, 0.6) is 0 Å². The zero-order valence-corrected chi connectivity index (χ0v) is 10.3. The molecule has 4 heteroatoms. The van der Waals surface area contributed by atoms with Gasteiger partial charge >= 0.3 is 0 Å². The Morgan fingerprint density at radius 2 is 2.17 bits per heavy atom. The molecule has 0 fully saturated rings. The maximum atomic E-state index is 3.97. The second-order valence-electron chi connectivity index (χ2n) is 4.49. The molecule has 0 bridgehead atoms. The summed E-state index contributed by atoms with van der Waals surface area (Å²) in [6.07, 6.45) is 5.85. The number of hydrogen-bond donors (Lipinski definition) is 3. The van der Waals surface area contributed by atoms with Gasteiger partial charge in [-0.2, -0.15) is 5.10 Å². The fourth-order valence-electron chi connectivity index (χ4n) is 2.16. The number of nitrogens with zero attached hydrogens (tertiary/aromatic N) is 1. The van der Waals surface area contributed by atoms with Crippen LogP contribution in [-0.2, 0) is 6.54 Å². The SMILES string of the molecule is CC(NCc1c[nH]c2ccccc12)c1cn[nH]c1. The third kappa shape index (κ3) is 2.02. The molecule has 0 radical (unpaired) electrons. The van der Waals surface area contributed by atoms with Gasteiger partial charge in [-0.15, -0.1) is 0 Å². The van der Waals surface area contributed by atoms with E-state index in [1.54, 1.807) is 0 Å². The molecule has 3 N–H and O–H groups in total. The van der Waals surface area contributed by atoms with Gasteiger partial charge in [-0.3, -0.25) is 5.10 Å². The highest BCUT2D eigenvalue weighted by atomic mass is 15.1. The number of nitrogens with one attached hydrogen (secondary N) is 3. The highest BCUT2D eigenvalue weighted by Crippen LogP contribution is 2.18. The molecule has 0 saturated carbocycles. The summed E-state index contributed by atoms with van der Waals surface area (Å²) in [5.41, 5.74) is 3.65. The van der Waals surface area contributed by atoms with Crippen LogP contribution in [0.15, 0.2) is 42.9 Å². The molecule has 2 aromatic heterocycles. The van der Waals surface area contributed by atoms with Gasteiger partial charge in [0.2, 0.25) is 0 Å². The van der Waals surface area contributed by atoms with Gasteiger partial charge in [0.25, 0.3) is 0 Å². The quantitative estimate of drug-likeness (QED) is 0.656. The smallest absolute Gasteiger partial charge is 0.0534 e. The molecular formula is C14H16N4. The first kappa shape index (κ1) is 11.0. The van der Waals surface area contributed by atoms with Crippen LogP contribution in [0, 0.1) is 0 Å². The molecule has 1 atom stereocenters. The topological polar surface area (TPSA) is 56.5 Å². The Balaban J connectivity index is 1.73. The molecule has 0 aliphatic carbocycles. The maximum Gasteiger partial charge on any atom is 0.0534 e. The number of H-pyrrole nitrogens is 2. The summed E-state index contributed by atoms with van der Waals surface area (Å²) in [5, 5.41) is 11.6. The second-order valence-corrected chi connectivity index (χ2v) is 4.49. The molecule has 0 saturated heterocycles. The van der Waals surface area contributed by atoms with Crippen molar-refractivity contribution in [2.75, 3.05) is 0 Å². The standard InChI is InChI=1S/C14H16N4/c1-10(11-8-17-18-9-11)15-6-12-7-16-14-5-3-2-4-13(12)14/h2-5,7-10,15-16H,6H2,1H3,(H,17,18). The first-order chi connectivity index (χ1) is 8.84. The third-order valence-electron chi connectivity index (χ3n) is 3.29. The number of fused-ring (bicyclic) bond motifs is 1. The van der Waals surface area contributed by atoms with Crippen LogP contribution in [0.3, 0.4) is 0 Å². The summed E-state index contributed by atoms with van der Waals surface area (Å²) in [4.78, 5) is 3.29. The second kappa shape index (κ2) is 4.66. The van der Waals surface area contributed by atoms with Crippen LogP contribution in [0.2, 0.25) is 0 Å². The minimum absolute atomic E-state index is 0.289. The van der Waals surface area contributed by atoms with Crippen molar-refractivity contribution in [3.8, 4) is 0 Å². The van der Waals surface area contributed by atoms with Crippen molar-refractivity contribution in [3.05, 3.63) is 54.0 Å². The summed E-state index contributed by atoms with van der Waals surface area (Å²) in [7, 11) is 0. The number of aromatic nitrogens is 3. The monoisotopic (exact) mass is 240 g/mol. The van der Waals surface area contributed by atoms with Crippen molar-refractivity contribution in [3.63, 3.8) is 0 Å². The lowest BCUT2D eigenvalue weighted by molar-refractivity contribution is 0.576. The predicted octanol–water partition coefficient (Wildman–Crippen LogP) is 2.74. The number of hydrogen-bond acceptors (Lipinski definition) is 2. The molecule has 0 aliphatic rings. The Morgan fingerprint density at radius 3 is 3.00 bits per heavy atom. The van der Waals surface area contributed by atoms with Crippen molar-refractivity contribution in [2.45, 2.75) is 19.5 Å². The number of aromatic amines is 2. The summed E-state index contributed by atoms with van der Waals surface area (Å²) in [6.45, 7) is 2.98. The molecule has 1 aromatic carbocycles. The largest absolute Gasteiger partial charge is 0.361 e. The van der Waals surface area contributed by atoms with E-state index in [4.69, 9.17) is 0 Å². The van der Waals surface area contributed by atoms with Crippen LogP contribution in [0.25, 0.3) is 10.9 Å². The Morgan fingerprint density at radius 1 is 1.28 bits per heavy atom. The Hall–Kier alpha value is -2.07. The van der Waals surface area contributed by atoms with Crippen molar-refractivity contribution >= 4 is 10.9 Å². The Bertz CT molecular complexity index is 624. The molecule has 92 valence electrons. The fraction of sp³-hybridized carbons (Fsp3) is 0.214. The van der Waals surface area contributed by atoms with Crippen molar-refractivity contribution < 1.29 is 0 Å². The van der Waals surface area contributed by atoms with Gasteiger partial charge in [-0.25, -0.2) is 0 Å². The normalized spacial score (nSPS) is 12.9. The minimum atomic E-state index is 0.289. The van der Waals surface area contributed by atoms with E-state index in [1.165, 1.54) is 22.0 Å². The van der Waals surface area contributed by atoms with Crippen molar-refractivity contribution in [1.82, 2.24) is 20.5 Å². The molecule has 0 aliphatic heterocycles. The lowest BCUT2D eigenvalue weighted by Gasteiger charge is -2.11. The molecule has 4 nitrogen and oxygen atoms in total. The van der Waals surface area contributed by atoms with Gasteiger partial charge < -0.3 is 10.3 Å². The van der Waals surface area contributed by atoms with E-state index in [0.29, 0.717) is 0 Å². The molecular weight excluding hydrogens is 224 g/mol. The molecule has 3 aromatic rings. The van der Waals surface area contributed by atoms with Crippen molar-refractivity contribution in [1.29, 1.82) is 0 Å². The summed E-state index contributed by atoms with van der Waals surface area (Å²) >= 11 is 0. The molecule has 2 heterocycles. The fourth-order valence-corrected chi connectivity index (χ4v) is 2.16. The maximum absolute atomic E-state index is 3.97. The first-order valence-electron chi connectivity index (χ1n) is 6.11.